The Labute approximate surface area is 229 Å². The molecule has 7 rings (SSSR count). The third-order valence-electron chi connectivity index (χ3n) is 11.9. The number of para-hydroxylation sites is 1. The molecule has 0 spiro atoms. The molecular weight excluding hydrogens is 464 g/mol. The number of hydrogen-bond acceptors (Lipinski definition) is 3. The fourth-order valence-electron chi connectivity index (χ4n) is 9.80. The normalized spacial score (nSPS) is 40.2. The lowest BCUT2D eigenvalue weighted by Crippen LogP contribution is -2.51. The maximum absolute atomic E-state index is 10.4. The summed E-state index contributed by atoms with van der Waals surface area (Å²) in [6.45, 7) is 7.35. The SMILES string of the molecule is Cc1ccc(C2CC([C@H]3CC[C@H]4[C@@H]5CC=C6C[C@@H](O)CC[C@]6(C)[C@H]5CC[C@]34C)=NN2c2ccccc2)cc1. The Morgan fingerprint density at radius 3 is 2.45 bits per heavy atom. The van der Waals surface area contributed by atoms with Gasteiger partial charge in [0.05, 0.1) is 17.8 Å². The Balaban J connectivity index is 1.19. The highest BCUT2D eigenvalue weighted by atomic mass is 16.3. The van der Waals surface area contributed by atoms with Crippen LogP contribution in [0.4, 0.5) is 5.69 Å². The highest BCUT2D eigenvalue weighted by molar-refractivity contribution is 5.92. The molecule has 3 saturated carbocycles. The number of nitrogens with zero attached hydrogens (tertiary/aromatic N) is 2. The van der Waals surface area contributed by atoms with E-state index in [1.807, 2.05) is 0 Å². The quantitative estimate of drug-likeness (QED) is 0.424. The van der Waals surface area contributed by atoms with Crippen LogP contribution in [-0.2, 0) is 0 Å². The molecule has 0 saturated heterocycles. The van der Waals surface area contributed by atoms with Gasteiger partial charge in [0.1, 0.15) is 0 Å². The van der Waals surface area contributed by atoms with Gasteiger partial charge in [-0.25, -0.2) is 0 Å². The molecule has 1 aliphatic heterocycles. The number of fused-ring (bicyclic) bond motifs is 5. The zero-order valence-corrected chi connectivity index (χ0v) is 23.4. The van der Waals surface area contributed by atoms with Crippen LogP contribution in [0.1, 0.15) is 88.8 Å². The van der Waals surface area contributed by atoms with Gasteiger partial charge in [-0.1, -0.05) is 73.5 Å². The summed E-state index contributed by atoms with van der Waals surface area (Å²) in [5.74, 6) is 2.96. The van der Waals surface area contributed by atoms with Crippen LogP contribution in [0.25, 0.3) is 0 Å². The predicted octanol–water partition coefficient (Wildman–Crippen LogP) is 8.24. The fourth-order valence-corrected chi connectivity index (χ4v) is 9.80. The summed E-state index contributed by atoms with van der Waals surface area (Å²) in [7, 11) is 0. The van der Waals surface area contributed by atoms with Gasteiger partial charge < -0.3 is 5.11 Å². The molecule has 3 heteroatoms. The molecule has 0 amide bonds. The van der Waals surface area contributed by atoms with Crippen molar-refractivity contribution in [3.8, 4) is 0 Å². The lowest BCUT2D eigenvalue weighted by Gasteiger charge is -2.58. The minimum Gasteiger partial charge on any atom is -0.393 e. The predicted molar refractivity (Wildman–Crippen MR) is 156 cm³/mol. The van der Waals surface area contributed by atoms with Gasteiger partial charge in [0.2, 0.25) is 0 Å². The second-order valence-corrected chi connectivity index (χ2v) is 13.7. The van der Waals surface area contributed by atoms with Crippen molar-refractivity contribution in [2.75, 3.05) is 5.01 Å². The first-order valence-electron chi connectivity index (χ1n) is 15.2. The summed E-state index contributed by atoms with van der Waals surface area (Å²) in [6, 6.07) is 20.2. The van der Waals surface area contributed by atoms with Gasteiger partial charge in [-0.15, -0.1) is 0 Å². The maximum atomic E-state index is 10.4. The topological polar surface area (TPSA) is 35.8 Å². The Hall–Kier alpha value is -2.39. The van der Waals surface area contributed by atoms with Crippen LogP contribution in [0.3, 0.4) is 0 Å². The van der Waals surface area contributed by atoms with E-state index in [2.05, 4.69) is 86.5 Å². The van der Waals surface area contributed by atoms with E-state index < -0.39 is 0 Å². The molecule has 0 radical (unpaired) electrons. The Kier molecular flexibility index (Phi) is 5.89. The Morgan fingerprint density at radius 1 is 0.868 bits per heavy atom. The molecule has 2 aromatic rings. The van der Waals surface area contributed by atoms with E-state index >= 15 is 0 Å². The number of aryl methyl sites for hydroxylation is 1. The number of rotatable bonds is 3. The summed E-state index contributed by atoms with van der Waals surface area (Å²) in [5.41, 5.74) is 7.57. The van der Waals surface area contributed by atoms with Gasteiger partial charge in [-0.3, -0.25) is 5.01 Å². The third-order valence-corrected chi connectivity index (χ3v) is 11.9. The third kappa shape index (κ3) is 3.75. The van der Waals surface area contributed by atoms with Crippen molar-refractivity contribution < 1.29 is 5.11 Å². The van der Waals surface area contributed by atoms with Crippen LogP contribution >= 0.6 is 0 Å². The Morgan fingerprint density at radius 2 is 1.66 bits per heavy atom. The zero-order chi connectivity index (χ0) is 26.1. The molecule has 4 aliphatic carbocycles. The first-order valence-corrected chi connectivity index (χ1v) is 15.2. The monoisotopic (exact) mass is 508 g/mol. The zero-order valence-electron chi connectivity index (χ0n) is 23.4. The first-order chi connectivity index (χ1) is 18.4. The van der Waals surface area contributed by atoms with Crippen LogP contribution < -0.4 is 5.01 Å². The number of hydrogen-bond donors (Lipinski definition) is 1. The van der Waals surface area contributed by atoms with Crippen molar-refractivity contribution in [2.24, 2.45) is 39.6 Å². The van der Waals surface area contributed by atoms with Crippen molar-refractivity contribution in [2.45, 2.75) is 90.7 Å². The van der Waals surface area contributed by atoms with E-state index in [1.165, 1.54) is 61.1 Å². The fraction of sp³-hybridized carbons (Fsp3) is 0.571. The molecule has 0 aromatic heterocycles. The van der Waals surface area contributed by atoms with Crippen LogP contribution in [0, 0.1) is 41.4 Å². The van der Waals surface area contributed by atoms with Crippen molar-refractivity contribution in [1.29, 1.82) is 0 Å². The lowest BCUT2D eigenvalue weighted by atomic mass is 9.47. The number of hydrazone groups is 1. The number of allylic oxidation sites excluding steroid dienone is 1. The van der Waals surface area contributed by atoms with Crippen molar-refractivity contribution in [3.05, 3.63) is 77.4 Å². The minimum atomic E-state index is -0.120. The van der Waals surface area contributed by atoms with Gasteiger partial charge in [-0.2, -0.15) is 5.10 Å². The van der Waals surface area contributed by atoms with Crippen molar-refractivity contribution in [1.82, 2.24) is 0 Å². The number of benzene rings is 2. The number of anilines is 1. The van der Waals surface area contributed by atoms with Crippen LogP contribution in [0.15, 0.2) is 71.3 Å². The molecule has 1 unspecified atom stereocenters. The number of aliphatic hydroxyl groups excluding tert-OH is 1. The van der Waals surface area contributed by atoms with E-state index in [1.54, 1.807) is 5.57 Å². The van der Waals surface area contributed by atoms with Crippen LogP contribution in [-0.4, -0.2) is 16.9 Å². The molecule has 3 fully saturated rings. The van der Waals surface area contributed by atoms with Gasteiger partial charge in [0.25, 0.3) is 0 Å². The summed E-state index contributed by atoms with van der Waals surface area (Å²) < 4.78 is 0. The standard InChI is InChI=1S/C35H44N2O/c1-23-9-11-24(12-10-23)33-22-32(36-37(33)26-7-5-4-6-8-26)31-16-15-29-28-14-13-25-21-27(38)17-19-34(25,2)30(28)18-20-35(29,31)3/h4-13,27-31,33,38H,14-22H2,1-3H3/t27-,28-,29-,30-,31+,33?,34-,35-/m0/s1. The average Bonchev–Trinajstić information content (AvgIpc) is 3.51. The molecule has 8 atom stereocenters. The molecule has 200 valence electrons. The van der Waals surface area contributed by atoms with E-state index in [-0.39, 0.29) is 12.1 Å². The largest absolute Gasteiger partial charge is 0.393 e. The van der Waals surface area contributed by atoms with Crippen LogP contribution in [0.2, 0.25) is 0 Å². The van der Waals surface area contributed by atoms with Gasteiger partial charge in [0.15, 0.2) is 0 Å². The van der Waals surface area contributed by atoms with Crippen LogP contribution in [0.5, 0.6) is 0 Å². The van der Waals surface area contributed by atoms with Crippen molar-refractivity contribution >= 4 is 11.4 Å². The number of aliphatic hydroxyl groups is 1. The van der Waals surface area contributed by atoms with Crippen molar-refractivity contribution in [3.63, 3.8) is 0 Å². The molecule has 1 N–H and O–H groups in total. The summed E-state index contributed by atoms with van der Waals surface area (Å²) in [4.78, 5) is 0. The summed E-state index contributed by atoms with van der Waals surface area (Å²) >= 11 is 0. The molecule has 2 aromatic carbocycles. The van der Waals surface area contributed by atoms with Gasteiger partial charge >= 0.3 is 0 Å². The second kappa shape index (κ2) is 9.08. The molecular formula is C35H44N2O. The molecule has 1 heterocycles. The lowest BCUT2D eigenvalue weighted by molar-refractivity contribution is -0.0424. The average molecular weight is 509 g/mol. The minimum absolute atomic E-state index is 0.120. The summed E-state index contributed by atoms with van der Waals surface area (Å²) in [6.07, 6.45) is 13.1. The molecule has 3 nitrogen and oxygen atoms in total. The van der Waals surface area contributed by atoms with E-state index in [4.69, 9.17) is 5.10 Å². The second-order valence-electron chi connectivity index (χ2n) is 13.7. The smallest absolute Gasteiger partial charge is 0.0828 e. The maximum Gasteiger partial charge on any atom is 0.0828 e. The molecule has 38 heavy (non-hydrogen) atoms. The highest BCUT2D eigenvalue weighted by Crippen LogP contribution is 2.66. The molecule has 0 bridgehead atoms. The van der Waals surface area contributed by atoms with Gasteiger partial charge in [0, 0.05) is 18.1 Å². The Bertz CT molecular complexity index is 1250. The molecule has 5 aliphatic rings. The van der Waals surface area contributed by atoms with E-state index in [9.17, 15) is 5.11 Å². The van der Waals surface area contributed by atoms with E-state index in [0.717, 1.165) is 37.0 Å². The van der Waals surface area contributed by atoms with E-state index in [0.29, 0.717) is 16.7 Å². The first kappa shape index (κ1) is 24.6. The van der Waals surface area contributed by atoms with Gasteiger partial charge in [-0.05, 0) is 105 Å². The highest BCUT2D eigenvalue weighted by Gasteiger charge is 2.59. The summed E-state index contributed by atoms with van der Waals surface area (Å²) in [5, 5.41) is 18.2.